The van der Waals surface area contributed by atoms with E-state index < -0.39 is 0 Å². The van der Waals surface area contributed by atoms with E-state index in [0.29, 0.717) is 18.0 Å². The van der Waals surface area contributed by atoms with Crippen LogP contribution in [-0.4, -0.2) is 20.9 Å². The van der Waals surface area contributed by atoms with Gasteiger partial charge in [0.25, 0.3) is 0 Å². The maximum atomic E-state index is 11.3. The first-order chi connectivity index (χ1) is 10.3. The molecule has 0 atom stereocenters. The highest BCUT2D eigenvalue weighted by molar-refractivity contribution is 5.62. The van der Waals surface area contributed by atoms with Gasteiger partial charge in [0.1, 0.15) is 0 Å². The minimum Gasteiger partial charge on any atom is -0.363 e. The Morgan fingerprint density at radius 2 is 2.29 bits per heavy atom. The number of anilines is 1. The molecule has 0 saturated heterocycles. The molecule has 6 heteroatoms. The van der Waals surface area contributed by atoms with E-state index in [-0.39, 0.29) is 10.7 Å². The van der Waals surface area contributed by atoms with Crippen molar-refractivity contribution in [1.29, 1.82) is 0 Å². The molecule has 21 heavy (non-hydrogen) atoms. The van der Waals surface area contributed by atoms with Crippen LogP contribution in [0.4, 0.5) is 11.6 Å². The van der Waals surface area contributed by atoms with E-state index in [1.165, 1.54) is 22.8 Å². The van der Waals surface area contributed by atoms with E-state index in [0.717, 1.165) is 19.3 Å². The topological polar surface area (TPSA) is 72.5 Å². The Kier molecular flexibility index (Phi) is 3.85. The molecule has 0 aliphatic heterocycles. The molecule has 1 N–H and O–H groups in total. The predicted octanol–water partition coefficient (Wildman–Crippen LogP) is 3.54. The zero-order valence-corrected chi connectivity index (χ0v) is 11.8. The van der Waals surface area contributed by atoms with Gasteiger partial charge in [-0.2, -0.15) is 9.38 Å². The number of nitro groups is 1. The summed E-state index contributed by atoms with van der Waals surface area (Å²) >= 11 is 0. The van der Waals surface area contributed by atoms with Gasteiger partial charge >= 0.3 is 5.82 Å². The first-order valence-electron chi connectivity index (χ1n) is 7.29. The quantitative estimate of drug-likeness (QED) is 0.518. The maximum absolute atomic E-state index is 11.3. The van der Waals surface area contributed by atoms with Gasteiger partial charge in [0.2, 0.25) is 11.5 Å². The first-order valence-corrected chi connectivity index (χ1v) is 7.29. The summed E-state index contributed by atoms with van der Waals surface area (Å²) in [7, 11) is 0. The van der Waals surface area contributed by atoms with E-state index >= 15 is 0 Å². The molecule has 6 nitrogen and oxygen atoms in total. The third kappa shape index (κ3) is 2.89. The number of fused-ring (bicyclic) bond motifs is 1. The van der Waals surface area contributed by atoms with Gasteiger partial charge in [-0.05, 0) is 43.1 Å². The molecule has 0 radical (unpaired) electrons. The van der Waals surface area contributed by atoms with Crippen molar-refractivity contribution in [2.75, 3.05) is 11.9 Å². The van der Waals surface area contributed by atoms with E-state index in [2.05, 4.69) is 16.4 Å². The highest BCUT2D eigenvalue weighted by Crippen LogP contribution is 2.26. The molecule has 2 heterocycles. The molecular weight excluding hydrogens is 268 g/mol. The Bertz CT molecular complexity index is 690. The molecule has 0 unspecified atom stereocenters. The van der Waals surface area contributed by atoms with E-state index in [1.54, 1.807) is 18.3 Å². The lowest BCUT2D eigenvalue weighted by Crippen LogP contribution is -2.06. The van der Waals surface area contributed by atoms with Gasteiger partial charge in [0.15, 0.2) is 0 Å². The van der Waals surface area contributed by atoms with Crippen LogP contribution in [0.5, 0.6) is 0 Å². The van der Waals surface area contributed by atoms with Crippen LogP contribution in [0.3, 0.4) is 0 Å². The van der Waals surface area contributed by atoms with Crippen LogP contribution in [0, 0.1) is 10.1 Å². The number of pyridine rings is 1. The van der Waals surface area contributed by atoms with Crippen molar-refractivity contribution in [2.45, 2.75) is 32.1 Å². The third-order valence-corrected chi connectivity index (χ3v) is 3.80. The summed E-state index contributed by atoms with van der Waals surface area (Å²) < 4.78 is 1.50. The van der Waals surface area contributed by atoms with Crippen molar-refractivity contribution < 1.29 is 4.92 Å². The summed E-state index contributed by atoms with van der Waals surface area (Å²) in [4.78, 5) is 15.2. The van der Waals surface area contributed by atoms with Crippen molar-refractivity contribution in [3.63, 3.8) is 0 Å². The number of hydrogen-bond acceptors (Lipinski definition) is 4. The minimum atomic E-state index is -0.387. The molecule has 110 valence electrons. The van der Waals surface area contributed by atoms with Crippen LogP contribution in [0.15, 0.2) is 36.0 Å². The van der Waals surface area contributed by atoms with Crippen LogP contribution in [-0.2, 0) is 0 Å². The predicted molar refractivity (Wildman–Crippen MR) is 81.5 cm³/mol. The fourth-order valence-corrected chi connectivity index (χ4v) is 2.75. The fourth-order valence-electron chi connectivity index (χ4n) is 2.75. The second-order valence-corrected chi connectivity index (χ2v) is 5.25. The Hall–Kier alpha value is -2.37. The van der Waals surface area contributed by atoms with Crippen LogP contribution in [0.2, 0.25) is 0 Å². The largest absolute Gasteiger partial charge is 0.372 e. The standard InChI is InChI=1S/C15H18N4O2/c20-19(21)15-14(17-13-8-4-5-11-18(13)15)16-10-9-12-6-2-1-3-7-12/h4-6,8,11,16H,1-3,7,9-10H2. The molecular formula is C15H18N4O2. The number of hydrogen-bond donors (Lipinski definition) is 1. The average molecular weight is 286 g/mol. The number of imidazole rings is 1. The summed E-state index contributed by atoms with van der Waals surface area (Å²) in [5, 5.41) is 14.4. The second kappa shape index (κ2) is 5.95. The number of rotatable bonds is 5. The Labute approximate surface area is 122 Å². The van der Waals surface area contributed by atoms with Gasteiger partial charge in [-0.3, -0.25) is 0 Å². The molecule has 0 bridgehead atoms. The van der Waals surface area contributed by atoms with E-state index in [4.69, 9.17) is 0 Å². The summed E-state index contributed by atoms with van der Waals surface area (Å²) in [5.41, 5.74) is 2.03. The summed E-state index contributed by atoms with van der Waals surface area (Å²) in [6.07, 6.45) is 9.71. The van der Waals surface area contributed by atoms with Gasteiger partial charge in [-0.1, -0.05) is 17.7 Å². The molecule has 1 aliphatic rings. The average Bonchev–Trinajstić information content (AvgIpc) is 2.86. The molecule has 0 amide bonds. The molecule has 0 spiro atoms. The Balaban J connectivity index is 1.75. The number of aromatic nitrogens is 2. The summed E-state index contributed by atoms with van der Waals surface area (Å²) in [6, 6.07) is 5.35. The number of nitrogens with one attached hydrogen (secondary N) is 1. The lowest BCUT2D eigenvalue weighted by Gasteiger charge is -2.12. The van der Waals surface area contributed by atoms with Crippen molar-refractivity contribution in [1.82, 2.24) is 9.38 Å². The van der Waals surface area contributed by atoms with Crippen LogP contribution >= 0.6 is 0 Å². The highest BCUT2D eigenvalue weighted by Gasteiger charge is 2.21. The van der Waals surface area contributed by atoms with Gasteiger partial charge in [0, 0.05) is 12.6 Å². The van der Waals surface area contributed by atoms with Crippen LogP contribution in [0.25, 0.3) is 5.65 Å². The number of nitrogens with zero attached hydrogens (tertiary/aromatic N) is 3. The van der Waals surface area contributed by atoms with Gasteiger partial charge < -0.3 is 15.4 Å². The van der Waals surface area contributed by atoms with Gasteiger partial charge in [0.05, 0.1) is 6.20 Å². The smallest absolute Gasteiger partial charge is 0.363 e. The molecule has 0 fully saturated rings. The summed E-state index contributed by atoms with van der Waals surface area (Å²) in [6.45, 7) is 0.677. The maximum Gasteiger partial charge on any atom is 0.372 e. The normalized spacial score (nSPS) is 15.0. The van der Waals surface area contributed by atoms with Crippen molar-refractivity contribution >= 4 is 17.3 Å². The van der Waals surface area contributed by atoms with Gasteiger partial charge in [-0.15, -0.1) is 0 Å². The van der Waals surface area contributed by atoms with Crippen molar-refractivity contribution in [3.05, 3.63) is 46.2 Å². The zero-order valence-electron chi connectivity index (χ0n) is 11.8. The number of allylic oxidation sites excluding steroid dienone is 1. The SMILES string of the molecule is O=[N+]([O-])c1c(NCCC2=CCCCC2)nc2ccccn12. The molecule has 2 aromatic rings. The fraction of sp³-hybridized carbons (Fsp3) is 0.400. The Morgan fingerprint density at radius 1 is 1.38 bits per heavy atom. The lowest BCUT2D eigenvalue weighted by atomic mass is 9.97. The van der Waals surface area contributed by atoms with Crippen molar-refractivity contribution in [2.24, 2.45) is 0 Å². The molecule has 3 rings (SSSR count). The molecule has 2 aromatic heterocycles. The monoisotopic (exact) mass is 286 g/mol. The Morgan fingerprint density at radius 3 is 3.05 bits per heavy atom. The minimum absolute atomic E-state index is 0.00298. The lowest BCUT2D eigenvalue weighted by molar-refractivity contribution is -0.389. The molecule has 0 aromatic carbocycles. The summed E-state index contributed by atoms with van der Waals surface area (Å²) in [5.74, 6) is 0.353. The van der Waals surface area contributed by atoms with Gasteiger partial charge in [-0.25, -0.2) is 0 Å². The third-order valence-electron chi connectivity index (χ3n) is 3.80. The highest BCUT2D eigenvalue weighted by atomic mass is 16.6. The van der Waals surface area contributed by atoms with E-state index in [9.17, 15) is 10.1 Å². The van der Waals surface area contributed by atoms with E-state index in [1.807, 2.05) is 6.07 Å². The van der Waals surface area contributed by atoms with Crippen molar-refractivity contribution in [3.8, 4) is 0 Å². The zero-order chi connectivity index (χ0) is 14.7. The molecule has 0 saturated carbocycles. The van der Waals surface area contributed by atoms with Crippen LogP contribution in [0.1, 0.15) is 32.1 Å². The van der Waals surface area contributed by atoms with Crippen LogP contribution < -0.4 is 5.32 Å². The molecule has 1 aliphatic carbocycles. The first kappa shape index (κ1) is 13.6. The second-order valence-electron chi connectivity index (χ2n) is 5.25.